The van der Waals surface area contributed by atoms with Crippen LogP contribution in [0.1, 0.15) is 29.8 Å². The Morgan fingerprint density at radius 2 is 1.59 bits per heavy atom. The van der Waals surface area contributed by atoms with E-state index in [0.717, 1.165) is 22.3 Å². The van der Waals surface area contributed by atoms with E-state index in [0.29, 0.717) is 31.1 Å². The van der Waals surface area contributed by atoms with Crippen molar-refractivity contribution in [3.8, 4) is 22.5 Å². The minimum absolute atomic E-state index is 0.0587. The van der Waals surface area contributed by atoms with Crippen LogP contribution in [0.25, 0.3) is 22.5 Å². The lowest BCUT2D eigenvalue weighted by Gasteiger charge is -2.24. The van der Waals surface area contributed by atoms with E-state index in [4.69, 9.17) is 4.74 Å². The molecule has 0 spiro atoms. The van der Waals surface area contributed by atoms with E-state index in [9.17, 15) is 9.59 Å². The number of carbonyl (C=O) groups is 2. The van der Waals surface area contributed by atoms with Crippen molar-refractivity contribution in [2.24, 2.45) is 0 Å². The maximum Gasteiger partial charge on any atom is 0.318 e. The number of ketones is 1. The van der Waals surface area contributed by atoms with Gasteiger partial charge in [0.05, 0.1) is 13.2 Å². The number of aromatic amines is 1. The minimum atomic E-state index is -0.825. The van der Waals surface area contributed by atoms with E-state index in [2.05, 4.69) is 25.9 Å². The summed E-state index contributed by atoms with van der Waals surface area (Å²) in [5.41, 5.74) is 4.12. The first-order chi connectivity index (χ1) is 18.1. The number of amides is 2. The smallest absolute Gasteiger partial charge is 0.318 e. The Labute approximate surface area is 215 Å². The molecule has 0 radical (unpaired) electrons. The van der Waals surface area contributed by atoms with Gasteiger partial charge < -0.3 is 15.0 Å². The van der Waals surface area contributed by atoms with E-state index in [1.165, 1.54) is 0 Å². The minimum Gasteiger partial charge on any atom is -0.374 e. The average Bonchev–Trinajstić information content (AvgIpc) is 3.49. The zero-order valence-corrected chi connectivity index (χ0v) is 20.9. The number of benzene rings is 3. The maximum absolute atomic E-state index is 13.5. The molecule has 3 aromatic carbocycles. The van der Waals surface area contributed by atoms with Crippen LogP contribution in [0.5, 0.6) is 0 Å². The van der Waals surface area contributed by atoms with Gasteiger partial charge >= 0.3 is 6.03 Å². The third-order valence-electron chi connectivity index (χ3n) is 6.05. The normalized spacial score (nSPS) is 11.6. The van der Waals surface area contributed by atoms with Crippen LogP contribution in [-0.2, 0) is 11.3 Å². The second-order valence-electron chi connectivity index (χ2n) is 8.40. The molecule has 2 N–H and O–H groups in total. The van der Waals surface area contributed by atoms with Crippen molar-refractivity contribution >= 4 is 11.8 Å². The maximum atomic E-state index is 13.5. The largest absolute Gasteiger partial charge is 0.374 e. The molecule has 190 valence electrons. The van der Waals surface area contributed by atoms with Gasteiger partial charge in [-0.1, -0.05) is 78.9 Å². The number of nitrogens with zero attached hydrogens (tertiary/aromatic N) is 4. The van der Waals surface area contributed by atoms with Gasteiger partial charge in [-0.05, 0) is 35.8 Å². The lowest BCUT2D eigenvalue weighted by molar-refractivity contribution is 0.0730. The fourth-order valence-corrected chi connectivity index (χ4v) is 4.02. The molecule has 1 unspecified atom stereocenters. The molecule has 0 saturated carbocycles. The first-order valence-electron chi connectivity index (χ1n) is 12.2. The third kappa shape index (κ3) is 6.45. The Balaban J connectivity index is 1.52. The highest BCUT2D eigenvalue weighted by Gasteiger charge is 2.24. The van der Waals surface area contributed by atoms with E-state index < -0.39 is 6.04 Å². The van der Waals surface area contributed by atoms with Crippen molar-refractivity contribution in [1.82, 2.24) is 30.8 Å². The molecular weight excluding hydrogens is 468 g/mol. The Bertz CT molecular complexity index is 1290. The van der Waals surface area contributed by atoms with Gasteiger partial charge in [-0.3, -0.25) is 4.79 Å². The van der Waals surface area contributed by atoms with Gasteiger partial charge in [-0.2, -0.15) is 5.21 Å². The Kier molecular flexibility index (Phi) is 8.72. The number of tetrazole rings is 1. The number of hydrogen-bond donors (Lipinski definition) is 2. The fourth-order valence-electron chi connectivity index (χ4n) is 4.02. The van der Waals surface area contributed by atoms with Gasteiger partial charge in [0.25, 0.3) is 0 Å². The molecule has 0 bridgehead atoms. The number of Topliss-reactive ketones (excluding diaryl/α,β-unsaturated/α-hetero) is 1. The Morgan fingerprint density at radius 3 is 2.24 bits per heavy atom. The van der Waals surface area contributed by atoms with Crippen LogP contribution in [0.3, 0.4) is 0 Å². The first kappa shape index (κ1) is 25.7. The highest BCUT2D eigenvalue weighted by Crippen LogP contribution is 2.29. The Morgan fingerprint density at radius 1 is 0.919 bits per heavy atom. The Hall–Kier alpha value is -4.37. The van der Waals surface area contributed by atoms with Gasteiger partial charge in [-0.25, -0.2) is 4.79 Å². The fraction of sp³-hybridized carbons (Fsp3) is 0.250. The molecule has 4 rings (SSSR count). The molecular formula is C28H30N6O3. The molecule has 1 heterocycles. The van der Waals surface area contributed by atoms with Crippen LogP contribution in [0, 0.1) is 0 Å². The number of nitrogens with one attached hydrogen (secondary N) is 2. The predicted molar refractivity (Wildman–Crippen MR) is 141 cm³/mol. The molecule has 1 aromatic heterocycles. The zero-order valence-electron chi connectivity index (χ0n) is 20.9. The highest BCUT2D eigenvalue weighted by molar-refractivity contribution is 6.02. The van der Waals surface area contributed by atoms with E-state index in [1.54, 1.807) is 17.0 Å². The number of rotatable bonds is 11. The van der Waals surface area contributed by atoms with Crippen LogP contribution in [0.2, 0.25) is 0 Å². The summed E-state index contributed by atoms with van der Waals surface area (Å²) >= 11 is 0. The molecule has 9 heteroatoms. The summed E-state index contributed by atoms with van der Waals surface area (Å²) in [6, 6.07) is 23.6. The van der Waals surface area contributed by atoms with E-state index in [1.807, 2.05) is 80.6 Å². The van der Waals surface area contributed by atoms with Crippen molar-refractivity contribution < 1.29 is 14.3 Å². The molecule has 1 atom stereocenters. The summed E-state index contributed by atoms with van der Waals surface area (Å²) in [5.74, 6) is 0.275. The molecule has 0 saturated heterocycles. The number of aromatic nitrogens is 4. The summed E-state index contributed by atoms with van der Waals surface area (Å²) in [6.07, 6.45) is 0. The second kappa shape index (κ2) is 12.5. The molecule has 2 amide bonds. The predicted octanol–water partition coefficient (Wildman–Crippen LogP) is 4.35. The van der Waals surface area contributed by atoms with Crippen LogP contribution in [0.15, 0.2) is 78.9 Å². The number of ether oxygens (including phenoxy) is 1. The second-order valence-corrected chi connectivity index (χ2v) is 8.40. The van der Waals surface area contributed by atoms with Gasteiger partial charge in [0.15, 0.2) is 5.78 Å². The van der Waals surface area contributed by atoms with Crippen molar-refractivity contribution in [3.05, 3.63) is 90.0 Å². The summed E-state index contributed by atoms with van der Waals surface area (Å²) < 4.78 is 5.85. The summed E-state index contributed by atoms with van der Waals surface area (Å²) in [6.45, 7) is 5.29. The summed E-state index contributed by atoms with van der Waals surface area (Å²) in [7, 11) is 0. The lowest BCUT2D eigenvalue weighted by Crippen LogP contribution is -2.49. The molecule has 0 aliphatic carbocycles. The van der Waals surface area contributed by atoms with Crippen molar-refractivity contribution in [2.75, 3.05) is 19.7 Å². The van der Waals surface area contributed by atoms with Gasteiger partial charge in [-0.15, -0.1) is 10.2 Å². The third-order valence-corrected chi connectivity index (χ3v) is 6.05. The number of hydrogen-bond acceptors (Lipinski definition) is 6. The molecule has 9 nitrogen and oxygen atoms in total. The van der Waals surface area contributed by atoms with Crippen LogP contribution in [-0.4, -0.2) is 63.1 Å². The monoisotopic (exact) mass is 498 g/mol. The van der Waals surface area contributed by atoms with E-state index >= 15 is 0 Å². The van der Waals surface area contributed by atoms with Gasteiger partial charge in [0.2, 0.25) is 5.82 Å². The molecule has 37 heavy (non-hydrogen) atoms. The van der Waals surface area contributed by atoms with E-state index in [-0.39, 0.29) is 18.4 Å². The SMILES string of the molecule is CCN(CC)C(=O)NC(COCc1ccccc1)C(=O)c1ccc(-c2ccccc2-c2nn[nH]n2)cc1. The number of carbonyl (C=O) groups excluding carboxylic acids is 2. The molecule has 0 aliphatic rings. The van der Waals surface area contributed by atoms with Crippen LogP contribution in [0.4, 0.5) is 4.79 Å². The van der Waals surface area contributed by atoms with Crippen LogP contribution >= 0.6 is 0 Å². The topological polar surface area (TPSA) is 113 Å². The van der Waals surface area contributed by atoms with Gasteiger partial charge in [0, 0.05) is 24.2 Å². The van der Waals surface area contributed by atoms with Crippen LogP contribution < -0.4 is 5.32 Å². The molecule has 4 aromatic rings. The van der Waals surface area contributed by atoms with Crippen molar-refractivity contribution in [3.63, 3.8) is 0 Å². The number of urea groups is 1. The molecule has 0 fully saturated rings. The zero-order chi connectivity index (χ0) is 26.0. The highest BCUT2D eigenvalue weighted by atomic mass is 16.5. The van der Waals surface area contributed by atoms with Crippen molar-refractivity contribution in [2.45, 2.75) is 26.5 Å². The first-order valence-corrected chi connectivity index (χ1v) is 12.2. The average molecular weight is 499 g/mol. The molecule has 0 aliphatic heterocycles. The number of H-pyrrole nitrogens is 1. The summed E-state index contributed by atoms with van der Waals surface area (Å²) in [5, 5.41) is 17.2. The summed E-state index contributed by atoms with van der Waals surface area (Å²) in [4.78, 5) is 27.9. The van der Waals surface area contributed by atoms with Crippen molar-refractivity contribution in [1.29, 1.82) is 0 Å². The van der Waals surface area contributed by atoms with Gasteiger partial charge in [0.1, 0.15) is 6.04 Å². The quantitative estimate of drug-likeness (QED) is 0.297. The lowest BCUT2D eigenvalue weighted by atomic mass is 9.96. The standard InChI is InChI=1S/C28H30N6O3/c1-3-34(4-2)28(36)29-25(19-37-18-20-10-6-5-7-11-20)26(35)22-16-14-21(15-17-22)23-12-8-9-13-24(23)27-30-32-33-31-27/h5-17,25H,3-4,18-19H2,1-2H3,(H,29,36)(H,30,31,32,33).